The van der Waals surface area contributed by atoms with Crippen molar-refractivity contribution in [3.8, 4) is 11.5 Å². The molecule has 0 fully saturated rings. The van der Waals surface area contributed by atoms with E-state index in [9.17, 15) is 36.2 Å². The first-order valence-electron chi connectivity index (χ1n) is 8.67. The Labute approximate surface area is 176 Å². The predicted molar refractivity (Wildman–Crippen MR) is 114 cm³/mol. The van der Waals surface area contributed by atoms with Crippen LogP contribution in [0.15, 0.2) is 70.5 Å². The van der Waals surface area contributed by atoms with E-state index in [1.165, 1.54) is 12.1 Å². The number of hydrogen-bond acceptors (Lipinski definition) is 7. The minimum Gasteiger partial charge on any atom is -0.507 e. The summed E-state index contributed by atoms with van der Waals surface area (Å²) in [5, 5.41) is 24.9. The molecule has 31 heavy (non-hydrogen) atoms. The van der Waals surface area contributed by atoms with Crippen LogP contribution < -0.4 is 5.32 Å². The Hall–Kier alpha value is -3.38. The van der Waals surface area contributed by atoms with Gasteiger partial charge in [-0.3, -0.25) is 9.11 Å². The molecule has 0 aliphatic carbocycles. The summed E-state index contributed by atoms with van der Waals surface area (Å²) >= 11 is 0. The average Bonchev–Trinajstić information content (AvgIpc) is 2.67. The molecule has 0 amide bonds. The van der Waals surface area contributed by atoms with Gasteiger partial charge >= 0.3 is 0 Å². The third-order valence-corrected chi connectivity index (χ3v) is 6.36. The van der Waals surface area contributed by atoms with E-state index in [0.29, 0.717) is 32.9 Å². The Bertz CT molecular complexity index is 1460. The lowest BCUT2D eigenvalue weighted by molar-refractivity contribution is 0.470. The number of phenols is 2. The van der Waals surface area contributed by atoms with Gasteiger partial charge in [0.05, 0.1) is 9.79 Å². The summed E-state index contributed by atoms with van der Waals surface area (Å²) in [6.45, 7) is 0. The molecule has 4 aromatic rings. The van der Waals surface area contributed by atoms with Crippen LogP contribution in [0.25, 0.3) is 21.5 Å². The molecule has 0 spiro atoms. The Morgan fingerprint density at radius 1 is 0.581 bits per heavy atom. The fourth-order valence-corrected chi connectivity index (χ4v) is 4.32. The van der Waals surface area contributed by atoms with Gasteiger partial charge in [0.25, 0.3) is 20.2 Å². The van der Waals surface area contributed by atoms with Crippen LogP contribution >= 0.6 is 0 Å². The number of aromatic hydroxyl groups is 2. The maximum absolute atomic E-state index is 11.3. The second-order valence-corrected chi connectivity index (χ2v) is 9.67. The molecule has 0 heterocycles. The fraction of sp³-hybridized carbons (Fsp3) is 0. The first kappa shape index (κ1) is 20.9. The number of hydrogen-bond donors (Lipinski definition) is 5. The van der Waals surface area contributed by atoms with E-state index in [1.54, 1.807) is 36.4 Å². The van der Waals surface area contributed by atoms with Crippen LogP contribution in [-0.2, 0) is 20.2 Å². The highest BCUT2D eigenvalue weighted by Crippen LogP contribution is 2.34. The van der Waals surface area contributed by atoms with Crippen LogP contribution in [0.2, 0.25) is 0 Å². The van der Waals surface area contributed by atoms with Crippen LogP contribution in [0.5, 0.6) is 11.5 Å². The Balaban J connectivity index is 1.73. The lowest BCUT2D eigenvalue weighted by atomic mass is 10.1. The third-order valence-electron chi connectivity index (χ3n) is 4.70. The molecule has 4 rings (SSSR count). The van der Waals surface area contributed by atoms with Gasteiger partial charge in [0, 0.05) is 34.3 Å². The molecule has 0 aliphatic rings. The standard InChI is InChI=1S/C20H15NO8S2/c22-19-9-15(30(24,25)26)5-11-1-3-13(7-17(11)19)21-14-4-2-12-6-16(31(27,28)29)10-20(23)18(12)8-14/h1-10,21-23H,(H,24,25,26)(H,27,28,29). The number of fused-ring (bicyclic) bond motifs is 2. The zero-order valence-corrected chi connectivity index (χ0v) is 17.1. The lowest BCUT2D eigenvalue weighted by Gasteiger charge is -2.11. The topological polar surface area (TPSA) is 161 Å². The van der Waals surface area contributed by atoms with E-state index in [2.05, 4.69) is 5.32 Å². The van der Waals surface area contributed by atoms with Crippen molar-refractivity contribution in [2.45, 2.75) is 9.79 Å². The highest BCUT2D eigenvalue weighted by molar-refractivity contribution is 7.86. The van der Waals surface area contributed by atoms with Gasteiger partial charge in [-0.05, 0) is 47.2 Å². The first-order valence-corrected chi connectivity index (χ1v) is 11.6. The van der Waals surface area contributed by atoms with E-state index in [4.69, 9.17) is 0 Å². The number of benzene rings is 4. The van der Waals surface area contributed by atoms with Crippen LogP contribution in [0.4, 0.5) is 11.4 Å². The molecule has 0 radical (unpaired) electrons. The van der Waals surface area contributed by atoms with Crippen molar-refractivity contribution < 1.29 is 36.2 Å². The summed E-state index contributed by atoms with van der Waals surface area (Å²) in [4.78, 5) is -0.847. The van der Waals surface area contributed by atoms with Gasteiger partial charge in [0.15, 0.2) is 0 Å². The molecule has 0 saturated carbocycles. The molecule has 9 nitrogen and oxygen atoms in total. The van der Waals surface area contributed by atoms with Crippen molar-refractivity contribution >= 4 is 53.2 Å². The minimum absolute atomic E-state index is 0.331. The molecule has 0 bridgehead atoms. The monoisotopic (exact) mass is 461 g/mol. The Kier molecular flexibility index (Phi) is 4.78. The lowest BCUT2D eigenvalue weighted by Crippen LogP contribution is -1.98. The highest BCUT2D eigenvalue weighted by atomic mass is 32.2. The van der Waals surface area contributed by atoms with Gasteiger partial charge in [-0.1, -0.05) is 12.1 Å². The van der Waals surface area contributed by atoms with Crippen molar-refractivity contribution in [1.29, 1.82) is 0 Å². The van der Waals surface area contributed by atoms with Gasteiger partial charge < -0.3 is 15.5 Å². The summed E-state index contributed by atoms with van der Waals surface area (Å²) in [6.07, 6.45) is 0. The fourth-order valence-electron chi connectivity index (χ4n) is 3.24. The maximum Gasteiger partial charge on any atom is 0.294 e. The van der Waals surface area contributed by atoms with Crippen molar-refractivity contribution in [2.75, 3.05) is 5.32 Å². The van der Waals surface area contributed by atoms with Crippen molar-refractivity contribution in [2.24, 2.45) is 0 Å². The van der Waals surface area contributed by atoms with E-state index in [0.717, 1.165) is 12.1 Å². The predicted octanol–water partition coefficient (Wildman–Crippen LogP) is 3.64. The van der Waals surface area contributed by atoms with Gasteiger partial charge in [0.1, 0.15) is 11.5 Å². The number of nitrogens with one attached hydrogen (secondary N) is 1. The second kappa shape index (κ2) is 7.10. The first-order chi connectivity index (χ1) is 14.4. The molecule has 0 aliphatic heterocycles. The molecule has 0 atom stereocenters. The van der Waals surface area contributed by atoms with Gasteiger partial charge in [-0.2, -0.15) is 16.8 Å². The van der Waals surface area contributed by atoms with Gasteiger partial charge in [-0.15, -0.1) is 0 Å². The molecule has 0 unspecified atom stereocenters. The normalized spacial score (nSPS) is 12.3. The summed E-state index contributed by atoms with van der Waals surface area (Å²) in [5.74, 6) is -0.662. The molecule has 5 N–H and O–H groups in total. The van der Waals surface area contributed by atoms with Crippen molar-refractivity contribution in [3.05, 3.63) is 60.7 Å². The quantitative estimate of drug-likeness (QED) is 0.286. The van der Waals surface area contributed by atoms with E-state index in [1.807, 2.05) is 0 Å². The number of phenolic OH excluding ortho intramolecular Hbond substituents is 2. The molecule has 4 aromatic carbocycles. The summed E-state index contributed by atoms with van der Waals surface area (Å²) in [7, 11) is -8.93. The van der Waals surface area contributed by atoms with Crippen molar-refractivity contribution in [1.82, 2.24) is 0 Å². The molecule has 11 heteroatoms. The van der Waals surface area contributed by atoms with Gasteiger partial charge in [0.2, 0.25) is 0 Å². The highest BCUT2D eigenvalue weighted by Gasteiger charge is 2.15. The van der Waals surface area contributed by atoms with Crippen LogP contribution in [0.3, 0.4) is 0 Å². The summed E-state index contributed by atoms with van der Waals surface area (Å²) in [5.41, 5.74) is 1.08. The van der Waals surface area contributed by atoms with Gasteiger partial charge in [-0.25, -0.2) is 0 Å². The zero-order valence-electron chi connectivity index (χ0n) is 15.5. The van der Waals surface area contributed by atoms with Crippen LogP contribution in [-0.4, -0.2) is 36.2 Å². The average molecular weight is 461 g/mol. The van der Waals surface area contributed by atoms with E-state index >= 15 is 0 Å². The van der Waals surface area contributed by atoms with E-state index in [-0.39, 0.29) is 11.5 Å². The number of anilines is 2. The third kappa shape index (κ3) is 4.11. The smallest absolute Gasteiger partial charge is 0.294 e. The summed E-state index contributed by atoms with van der Waals surface area (Å²) < 4.78 is 63.6. The maximum atomic E-state index is 11.3. The van der Waals surface area contributed by atoms with Crippen molar-refractivity contribution in [3.63, 3.8) is 0 Å². The van der Waals surface area contributed by atoms with Crippen LogP contribution in [0.1, 0.15) is 0 Å². The van der Waals surface area contributed by atoms with Crippen LogP contribution in [0, 0.1) is 0 Å². The SMILES string of the molecule is O=S(=O)(O)c1cc(O)c2cc(Nc3ccc4cc(S(=O)(=O)O)cc(O)c4c3)ccc2c1. The minimum atomic E-state index is -4.47. The largest absolute Gasteiger partial charge is 0.507 e. The molecule has 0 aromatic heterocycles. The second-order valence-electron chi connectivity index (χ2n) is 6.83. The molecular weight excluding hydrogens is 446 g/mol. The number of rotatable bonds is 4. The molecular formula is C20H15NO8S2. The Morgan fingerprint density at radius 2 is 0.968 bits per heavy atom. The summed E-state index contributed by atoms with van der Waals surface area (Å²) in [6, 6.07) is 13.9. The zero-order chi connectivity index (χ0) is 22.6. The molecule has 160 valence electrons. The van der Waals surface area contributed by atoms with E-state index < -0.39 is 30.0 Å². The molecule has 0 saturated heterocycles. The Morgan fingerprint density at radius 3 is 1.32 bits per heavy atom.